The number of allylic oxidation sites excluding steroid dienone is 1. The molecule has 0 saturated heterocycles. The minimum Gasteiger partial charge on any atom is -0.465 e. The fourth-order valence-electron chi connectivity index (χ4n) is 5.96. The van der Waals surface area contributed by atoms with Gasteiger partial charge in [0.05, 0.1) is 25.2 Å². The van der Waals surface area contributed by atoms with E-state index < -0.39 is 18.0 Å². The van der Waals surface area contributed by atoms with Gasteiger partial charge in [0, 0.05) is 18.9 Å². The van der Waals surface area contributed by atoms with Gasteiger partial charge < -0.3 is 18.6 Å². The van der Waals surface area contributed by atoms with E-state index in [1.807, 2.05) is 13.0 Å². The van der Waals surface area contributed by atoms with E-state index in [4.69, 9.17) is 18.6 Å². The Bertz CT molecular complexity index is 1120. The van der Waals surface area contributed by atoms with Crippen molar-refractivity contribution in [3.63, 3.8) is 0 Å². The predicted molar refractivity (Wildman–Crippen MR) is 172 cm³/mol. The van der Waals surface area contributed by atoms with Gasteiger partial charge in [-0.3, -0.25) is 0 Å². The third-order valence-electron chi connectivity index (χ3n) is 8.59. The van der Waals surface area contributed by atoms with Crippen LogP contribution in [-0.4, -0.2) is 38.4 Å². The zero-order chi connectivity index (χ0) is 31.0. The fourth-order valence-corrected chi connectivity index (χ4v) is 5.96. The summed E-state index contributed by atoms with van der Waals surface area (Å²) >= 11 is 0. The van der Waals surface area contributed by atoms with Crippen LogP contribution in [0.3, 0.4) is 0 Å². The van der Waals surface area contributed by atoms with Crippen LogP contribution in [0.4, 0.5) is 0 Å². The molecule has 2 aliphatic heterocycles. The normalized spacial score (nSPS) is 20.2. The van der Waals surface area contributed by atoms with Crippen molar-refractivity contribution >= 4 is 11.9 Å². The topological polar surface area (TPSA) is 75.0 Å². The van der Waals surface area contributed by atoms with Gasteiger partial charge in [0.2, 0.25) is 0 Å². The SMILES string of the molecule is C=C(COCCCCCCCCCCCCCCCC)[C@@H]1/C=C\C2=C[C@@H](OC2=O)[C@@H](C(=C)C)c2cc(C(=O)OC)c(o2)C1. The van der Waals surface area contributed by atoms with Gasteiger partial charge in [0.25, 0.3) is 0 Å². The second-order valence-electron chi connectivity index (χ2n) is 12.3. The first-order valence-corrected chi connectivity index (χ1v) is 16.6. The maximum Gasteiger partial charge on any atom is 0.341 e. The number of hydrogen-bond donors (Lipinski definition) is 0. The molecule has 0 saturated carbocycles. The van der Waals surface area contributed by atoms with Gasteiger partial charge in [0.15, 0.2) is 0 Å². The molecular weight excluding hydrogens is 540 g/mol. The molecule has 0 amide bonds. The van der Waals surface area contributed by atoms with Gasteiger partial charge >= 0.3 is 11.9 Å². The second-order valence-corrected chi connectivity index (χ2v) is 12.3. The van der Waals surface area contributed by atoms with E-state index in [0.717, 1.165) is 17.6 Å². The minimum atomic E-state index is -0.553. The van der Waals surface area contributed by atoms with Crippen molar-refractivity contribution in [2.45, 2.75) is 122 Å². The first kappa shape index (κ1) is 34.6. The van der Waals surface area contributed by atoms with E-state index in [1.165, 1.54) is 90.6 Å². The van der Waals surface area contributed by atoms with Crippen LogP contribution in [0.5, 0.6) is 0 Å². The summed E-state index contributed by atoms with van der Waals surface area (Å²) in [5.41, 5.74) is 2.49. The number of rotatable bonds is 20. The number of carbonyl (C=O) groups excluding carboxylic acids is 2. The molecule has 43 heavy (non-hydrogen) atoms. The third-order valence-corrected chi connectivity index (χ3v) is 8.59. The molecule has 0 aromatic carbocycles. The van der Waals surface area contributed by atoms with Crippen molar-refractivity contribution in [2.24, 2.45) is 5.92 Å². The Labute approximate surface area is 259 Å². The highest BCUT2D eigenvalue weighted by molar-refractivity contribution is 5.94. The van der Waals surface area contributed by atoms with Crippen LogP contribution in [0.15, 0.2) is 58.6 Å². The quantitative estimate of drug-likeness (QED) is 0.0850. The summed E-state index contributed by atoms with van der Waals surface area (Å²) < 4.78 is 22.9. The van der Waals surface area contributed by atoms with Crippen LogP contribution in [0.1, 0.15) is 132 Å². The molecule has 2 aliphatic rings. The van der Waals surface area contributed by atoms with Crippen LogP contribution in [0, 0.1) is 5.92 Å². The maximum atomic E-state index is 12.6. The molecule has 6 heteroatoms. The van der Waals surface area contributed by atoms with Crippen molar-refractivity contribution in [1.82, 2.24) is 0 Å². The molecule has 3 atom stereocenters. The minimum absolute atomic E-state index is 0.201. The van der Waals surface area contributed by atoms with Crippen molar-refractivity contribution in [1.29, 1.82) is 0 Å². The highest BCUT2D eigenvalue weighted by atomic mass is 16.5. The summed E-state index contributed by atoms with van der Waals surface area (Å²) in [6.07, 6.45) is 23.9. The third kappa shape index (κ3) is 11.0. The van der Waals surface area contributed by atoms with Crippen LogP contribution in [-0.2, 0) is 25.4 Å². The van der Waals surface area contributed by atoms with Crippen molar-refractivity contribution in [2.75, 3.05) is 20.3 Å². The lowest BCUT2D eigenvalue weighted by Crippen LogP contribution is -2.19. The Hall–Kier alpha value is -2.86. The zero-order valence-electron chi connectivity index (χ0n) is 26.9. The van der Waals surface area contributed by atoms with E-state index >= 15 is 0 Å². The average Bonchev–Trinajstić information content (AvgIpc) is 3.55. The summed E-state index contributed by atoms with van der Waals surface area (Å²) in [6.45, 7) is 13.6. The molecule has 0 N–H and O–H groups in total. The molecule has 0 radical (unpaired) electrons. The molecule has 0 aliphatic carbocycles. The molecule has 3 rings (SSSR count). The summed E-state index contributed by atoms with van der Waals surface area (Å²) in [5, 5.41) is 0. The summed E-state index contributed by atoms with van der Waals surface area (Å²) in [4.78, 5) is 25.2. The fraction of sp³-hybridized carbons (Fsp3) is 0.622. The van der Waals surface area contributed by atoms with Crippen LogP contribution < -0.4 is 0 Å². The molecule has 6 nitrogen and oxygen atoms in total. The lowest BCUT2D eigenvalue weighted by Gasteiger charge is -2.20. The van der Waals surface area contributed by atoms with Crippen LogP contribution >= 0.6 is 0 Å². The summed E-state index contributed by atoms with van der Waals surface area (Å²) in [7, 11) is 1.35. The maximum absolute atomic E-state index is 12.6. The molecule has 0 unspecified atom stereocenters. The number of fused-ring (bicyclic) bond motifs is 3. The molecule has 4 bridgehead atoms. The Balaban J connectivity index is 1.44. The first-order chi connectivity index (χ1) is 20.8. The Kier molecular flexibility index (Phi) is 15.1. The molecule has 1 aromatic rings. The number of furan rings is 1. The molecule has 0 fully saturated rings. The van der Waals surface area contributed by atoms with Gasteiger partial charge in [-0.15, -0.1) is 0 Å². The van der Waals surface area contributed by atoms with Crippen molar-refractivity contribution in [3.8, 4) is 0 Å². The highest BCUT2D eigenvalue weighted by Gasteiger charge is 2.36. The van der Waals surface area contributed by atoms with Crippen molar-refractivity contribution < 1.29 is 28.2 Å². The van der Waals surface area contributed by atoms with Gasteiger partial charge in [-0.05, 0) is 31.1 Å². The molecular formula is C37H54O6. The first-order valence-electron chi connectivity index (χ1n) is 16.6. The monoisotopic (exact) mass is 594 g/mol. The summed E-state index contributed by atoms with van der Waals surface area (Å²) in [5.74, 6) is -0.410. The second kappa shape index (κ2) is 18.7. The van der Waals surface area contributed by atoms with Gasteiger partial charge in [-0.1, -0.05) is 121 Å². The number of hydrogen-bond acceptors (Lipinski definition) is 6. The highest BCUT2D eigenvalue weighted by Crippen LogP contribution is 2.38. The Morgan fingerprint density at radius 3 is 2.14 bits per heavy atom. The number of esters is 2. The Morgan fingerprint density at radius 1 is 0.953 bits per heavy atom. The van der Waals surface area contributed by atoms with Crippen LogP contribution in [0.25, 0.3) is 0 Å². The average molecular weight is 595 g/mol. The van der Waals surface area contributed by atoms with Gasteiger partial charge in [0.1, 0.15) is 23.2 Å². The van der Waals surface area contributed by atoms with E-state index in [1.54, 1.807) is 18.2 Å². The van der Waals surface area contributed by atoms with E-state index in [9.17, 15) is 9.59 Å². The Morgan fingerprint density at radius 2 is 1.56 bits per heavy atom. The summed E-state index contributed by atoms with van der Waals surface area (Å²) in [6, 6.07) is 1.69. The predicted octanol–water partition coefficient (Wildman–Crippen LogP) is 9.36. The largest absolute Gasteiger partial charge is 0.465 e. The molecule has 0 spiro atoms. The zero-order valence-corrected chi connectivity index (χ0v) is 26.9. The standard InChI is InChI=1S/C37H54O6/c1-6-7-8-9-10-11-12-13-14-15-16-17-18-19-22-41-26-28(4)29-20-21-30-24-33(43-36(30)38)35(27(2)3)34-25-31(37(39)40-5)32(23-29)42-34/h20-21,24-25,29,33,35H,2,4,6-19,22-23,26H2,1,3,5H3/b21-20-/t29-,33-,35-/m1/s1. The number of carbonyl (C=O) groups is 2. The number of ether oxygens (including phenoxy) is 3. The number of methoxy groups -OCH3 is 1. The van der Waals surface area contributed by atoms with E-state index in [0.29, 0.717) is 42.3 Å². The smallest absolute Gasteiger partial charge is 0.341 e. The number of unbranched alkanes of at least 4 members (excludes halogenated alkanes) is 13. The molecule has 3 heterocycles. The molecule has 238 valence electrons. The van der Waals surface area contributed by atoms with Gasteiger partial charge in [-0.25, -0.2) is 9.59 Å². The van der Waals surface area contributed by atoms with Crippen molar-refractivity contribution in [3.05, 3.63) is 71.3 Å². The molecule has 1 aromatic heterocycles. The van der Waals surface area contributed by atoms with Crippen LogP contribution in [0.2, 0.25) is 0 Å². The van der Waals surface area contributed by atoms with Gasteiger partial charge in [-0.2, -0.15) is 0 Å². The lowest BCUT2D eigenvalue weighted by atomic mass is 9.90. The van der Waals surface area contributed by atoms with E-state index in [-0.39, 0.29) is 11.9 Å². The lowest BCUT2D eigenvalue weighted by molar-refractivity contribution is -0.139. The van der Waals surface area contributed by atoms with E-state index in [2.05, 4.69) is 20.1 Å².